The normalized spacial score (nSPS) is 27.1. The smallest absolute Gasteiger partial charge is 0.143 e. The van der Waals surface area contributed by atoms with E-state index in [0.717, 1.165) is 11.1 Å². The fraction of sp³-hybridized carbons (Fsp3) is 0.560. The second-order valence-corrected chi connectivity index (χ2v) is 11.0. The number of fused-ring (bicyclic) bond motifs is 6. The van der Waals surface area contributed by atoms with Crippen molar-refractivity contribution in [3.05, 3.63) is 34.5 Å². The van der Waals surface area contributed by atoms with Crippen molar-refractivity contribution < 1.29 is 10.2 Å². The Balaban J connectivity index is 1.79. The van der Waals surface area contributed by atoms with Gasteiger partial charge in [-0.1, -0.05) is 41.5 Å². The topological polar surface area (TPSA) is 79.4 Å². The van der Waals surface area contributed by atoms with Gasteiger partial charge in [-0.3, -0.25) is 4.98 Å². The van der Waals surface area contributed by atoms with Crippen LogP contribution >= 0.6 is 0 Å². The predicted octanol–water partition coefficient (Wildman–Crippen LogP) is 5.70. The molecule has 1 aromatic heterocycles. The summed E-state index contributed by atoms with van der Waals surface area (Å²) in [6.07, 6.45) is 5.67. The number of aromatic hydroxyl groups is 2. The number of nitrogens with zero attached hydrogens (tertiary/aromatic N) is 1. The average Bonchev–Trinajstić information content (AvgIpc) is 3.28. The van der Waals surface area contributed by atoms with E-state index in [-0.39, 0.29) is 33.4 Å². The minimum atomic E-state index is -0.343. The number of benzene rings is 1. The second-order valence-electron chi connectivity index (χ2n) is 11.0. The van der Waals surface area contributed by atoms with Crippen LogP contribution in [-0.4, -0.2) is 15.2 Å². The summed E-state index contributed by atoms with van der Waals surface area (Å²) in [6.45, 7) is 13.0. The number of pyridine rings is 1. The Morgan fingerprint density at radius 1 is 0.897 bits per heavy atom. The third kappa shape index (κ3) is 1.98. The molecule has 4 N–H and O–H groups in total. The molecule has 1 fully saturated rings. The summed E-state index contributed by atoms with van der Waals surface area (Å²) < 4.78 is 0. The Kier molecular flexibility index (Phi) is 3.41. The van der Waals surface area contributed by atoms with Crippen LogP contribution in [0.3, 0.4) is 0 Å². The number of aromatic nitrogens is 1. The van der Waals surface area contributed by atoms with Crippen molar-refractivity contribution in [2.75, 3.05) is 5.73 Å². The van der Waals surface area contributed by atoms with Crippen LogP contribution in [0, 0.1) is 5.41 Å². The zero-order valence-electron chi connectivity index (χ0n) is 18.3. The highest BCUT2D eigenvalue weighted by atomic mass is 16.3. The van der Waals surface area contributed by atoms with Crippen molar-refractivity contribution in [3.8, 4) is 22.8 Å². The van der Waals surface area contributed by atoms with Crippen molar-refractivity contribution in [2.45, 2.75) is 83.5 Å². The van der Waals surface area contributed by atoms with Crippen LogP contribution in [0.1, 0.15) is 94.9 Å². The van der Waals surface area contributed by atoms with Crippen molar-refractivity contribution in [2.24, 2.45) is 5.41 Å². The molecule has 2 unspecified atom stereocenters. The van der Waals surface area contributed by atoms with Crippen LogP contribution in [0.15, 0.2) is 12.3 Å². The Bertz CT molecular complexity index is 1070. The number of nitrogens with two attached hydrogens (primary N) is 1. The number of phenols is 2. The third-order valence-corrected chi connectivity index (χ3v) is 9.40. The highest BCUT2D eigenvalue weighted by molar-refractivity contribution is 5.89. The van der Waals surface area contributed by atoms with Gasteiger partial charge in [0.15, 0.2) is 0 Å². The summed E-state index contributed by atoms with van der Waals surface area (Å²) in [7, 11) is 0. The highest BCUT2D eigenvalue weighted by Gasteiger charge is 2.60. The molecular weight excluding hydrogens is 360 g/mol. The quantitative estimate of drug-likeness (QED) is 0.330. The van der Waals surface area contributed by atoms with Gasteiger partial charge in [0.1, 0.15) is 11.5 Å². The monoisotopic (exact) mass is 392 g/mol. The lowest BCUT2D eigenvalue weighted by Crippen LogP contribution is -2.42. The second kappa shape index (κ2) is 5.27. The first-order chi connectivity index (χ1) is 13.4. The number of rotatable bonds is 1. The molecule has 5 rings (SSSR count). The molecule has 1 heterocycles. The summed E-state index contributed by atoms with van der Waals surface area (Å²) >= 11 is 0. The first kappa shape index (κ1) is 18.8. The molecule has 0 aliphatic heterocycles. The van der Waals surface area contributed by atoms with E-state index in [1.165, 1.54) is 30.4 Å². The van der Waals surface area contributed by atoms with E-state index in [4.69, 9.17) is 10.7 Å². The standard InChI is InChI=1S/C25H32N2O2/c1-23(2)18-19(24(3,4)25(23,5)6)22(29)20(26)17(21(18)28)16-10-14-12-7-8-13(9-12)15(14)11-27-16/h10-13,28-29H,7-9,26H2,1-6H3. The molecule has 154 valence electrons. The first-order valence-corrected chi connectivity index (χ1v) is 10.8. The fourth-order valence-electron chi connectivity index (χ4n) is 6.48. The van der Waals surface area contributed by atoms with E-state index in [0.29, 0.717) is 23.1 Å². The lowest BCUT2D eigenvalue weighted by molar-refractivity contribution is 0.123. The highest BCUT2D eigenvalue weighted by Crippen LogP contribution is 2.67. The molecule has 2 bridgehead atoms. The lowest BCUT2D eigenvalue weighted by Gasteiger charge is -2.44. The lowest BCUT2D eigenvalue weighted by atomic mass is 9.59. The van der Waals surface area contributed by atoms with E-state index in [9.17, 15) is 10.2 Å². The van der Waals surface area contributed by atoms with Gasteiger partial charge in [0, 0.05) is 17.3 Å². The summed E-state index contributed by atoms with van der Waals surface area (Å²) in [5, 5.41) is 22.7. The molecular formula is C25H32N2O2. The summed E-state index contributed by atoms with van der Waals surface area (Å²) in [5.74, 6) is 1.50. The van der Waals surface area contributed by atoms with Gasteiger partial charge in [0.25, 0.3) is 0 Å². The molecule has 1 saturated carbocycles. The van der Waals surface area contributed by atoms with Crippen LogP contribution in [0.4, 0.5) is 5.69 Å². The summed E-state index contributed by atoms with van der Waals surface area (Å²) in [5.41, 5.74) is 11.3. The summed E-state index contributed by atoms with van der Waals surface area (Å²) in [6, 6.07) is 2.11. The Hall–Kier alpha value is -2.23. The van der Waals surface area contributed by atoms with Crippen LogP contribution in [-0.2, 0) is 10.8 Å². The van der Waals surface area contributed by atoms with Crippen molar-refractivity contribution in [1.29, 1.82) is 0 Å². The van der Waals surface area contributed by atoms with Gasteiger partial charge in [0.05, 0.1) is 16.9 Å². The van der Waals surface area contributed by atoms with Gasteiger partial charge in [-0.25, -0.2) is 0 Å². The van der Waals surface area contributed by atoms with Gasteiger partial charge in [0.2, 0.25) is 0 Å². The molecule has 4 heteroatoms. The Morgan fingerprint density at radius 2 is 1.45 bits per heavy atom. The molecule has 0 radical (unpaired) electrons. The number of hydrogen-bond acceptors (Lipinski definition) is 4. The van der Waals surface area contributed by atoms with E-state index in [1.54, 1.807) is 0 Å². The SMILES string of the molecule is CC1(C)c2c(O)c(N)c(-c3cc4c(cn3)C3CCC4C3)c(O)c2C(C)(C)C1(C)C. The van der Waals surface area contributed by atoms with Crippen LogP contribution in [0.25, 0.3) is 11.3 Å². The van der Waals surface area contributed by atoms with Crippen LogP contribution < -0.4 is 5.73 Å². The number of nitrogen functional groups attached to an aromatic ring is 1. The minimum absolute atomic E-state index is 0.0975. The number of anilines is 1. The number of hydrogen-bond donors (Lipinski definition) is 3. The molecule has 3 aliphatic rings. The molecule has 29 heavy (non-hydrogen) atoms. The van der Waals surface area contributed by atoms with Gasteiger partial charge < -0.3 is 15.9 Å². The maximum atomic E-state index is 11.5. The molecule has 3 aliphatic carbocycles. The van der Waals surface area contributed by atoms with E-state index < -0.39 is 0 Å². The minimum Gasteiger partial charge on any atom is -0.507 e. The van der Waals surface area contributed by atoms with Gasteiger partial charge in [-0.2, -0.15) is 0 Å². The van der Waals surface area contributed by atoms with E-state index in [2.05, 4.69) is 47.6 Å². The molecule has 0 spiro atoms. The van der Waals surface area contributed by atoms with E-state index in [1.807, 2.05) is 6.20 Å². The van der Waals surface area contributed by atoms with Crippen LogP contribution in [0.2, 0.25) is 0 Å². The first-order valence-electron chi connectivity index (χ1n) is 10.8. The largest absolute Gasteiger partial charge is 0.507 e. The molecule has 2 aromatic rings. The fourth-order valence-corrected chi connectivity index (χ4v) is 6.48. The molecule has 1 aromatic carbocycles. The van der Waals surface area contributed by atoms with Crippen molar-refractivity contribution in [3.63, 3.8) is 0 Å². The van der Waals surface area contributed by atoms with Crippen molar-refractivity contribution >= 4 is 5.69 Å². The molecule has 0 amide bonds. The molecule has 2 atom stereocenters. The molecule has 0 saturated heterocycles. The maximum absolute atomic E-state index is 11.5. The van der Waals surface area contributed by atoms with Crippen LogP contribution in [0.5, 0.6) is 11.5 Å². The maximum Gasteiger partial charge on any atom is 0.143 e. The zero-order chi connectivity index (χ0) is 21.1. The third-order valence-electron chi connectivity index (χ3n) is 9.40. The van der Waals surface area contributed by atoms with Gasteiger partial charge >= 0.3 is 0 Å². The zero-order valence-corrected chi connectivity index (χ0v) is 18.3. The van der Waals surface area contributed by atoms with Gasteiger partial charge in [-0.15, -0.1) is 0 Å². The molecule has 4 nitrogen and oxygen atoms in total. The summed E-state index contributed by atoms with van der Waals surface area (Å²) in [4.78, 5) is 4.70. The van der Waals surface area contributed by atoms with E-state index >= 15 is 0 Å². The Labute approximate surface area is 173 Å². The number of phenolic OH excluding ortho intramolecular Hbond substituents is 2. The predicted molar refractivity (Wildman–Crippen MR) is 117 cm³/mol. The Morgan fingerprint density at radius 3 is 2.07 bits per heavy atom. The van der Waals surface area contributed by atoms with Gasteiger partial charge in [-0.05, 0) is 64.5 Å². The average molecular weight is 393 g/mol. The van der Waals surface area contributed by atoms with Crippen molar-refractivity contribution in [1.82, 2.24) is 4.98 Å².